The summed E-state index contributed by atoms with van der Waals surface area (Å²) < 4.78 is 0. The molecular formula is C12H14ClNO2. The number of likely N-dealkylation sites (tertiary alicyclic amines) is 1. The van der Waals surface area contributed by atoms with Gasteiger partial charge in [-0.1, -0.05) is 11.6 Å². The lowest BCUT2D eigenvalue weighted by molar-refractivity contribution is 0.0721. The number of rotatable bonds is 1. The molecular weight excluding hydrogens is 226 g/mol. The van der Waals surface area contributed by atoms with Crippen LogP contribution in [0.25, 0.3) is 0 Å². The van der Waals surface area contributed by atoms with Crippen molar-refractivity contribution in [3.05, 3.63) is 28.8 Å². The van der Waals surface area contributed by atoms with Gasteiger partial charge in [-0.3, -0.25) is 4.79 Å². The van der Waals surface area contributed by atoms with Gasteiger partial charge in [0.25, 0.3) is 5.91 Å². The lowest BCUT2D eigenvalue weighted by Gasteiger charge is -2.27. The number of phenolic OH excluding ortho intramolecular Hbond substituents is 1. The molecule has 1 amide bonds. The highest BCUT2D eigenvalue weighted by molar-refractivity contribution is 6.31. The fourth-order valence-electron chi connectivity index (χ4n) is 1.95. The van der Waals surface area contributed by atoms with Crippen LogP contribution in [0.5, 0.6) is 5.75 Å². The summed E-state index contributed by atoms with van der Waals surface area (Å²) in [5, 5.41) is 10.1. The van der Waals surface area contributed by atoms with E-state index < -0.39 is 0 Å². The third-order valence-electron chi connectivity index (χ3n) is 2.83. The van der Waals surface area contributed by atoms with E-state index in [0.717, 1.165) is 25.9 Å². The molecule has 0 saturated carbocycles. The summed E-state index contributed by atoms with van der Waals surface area (Å²) in [5.74, 6) is -0.125. The number of aromatic hydroxyl groups is 1. The molecule has 0 unspecified atom stereocenters. The maximum absolute atomic E-state index is 12.1. The first-order chi connectivity index (χ1) is 7.68. The summed E-state index contributed by atoms with van der Waals surface area (Å²) in [7, 11) is 0. The van der Waals surface area contributed by atoms with Crippen molar-refractivity contribution in [1.29, 1.82) is 0 Å². The Hall–Kier alpha value is -1.22. The van der Waals surface area contributed by atoms with Crippen molar-refractivity contribution >= 4 is 17.5 Å². The van der Waals surface area contributed by atoms with Crippen molar-refractivity contribution in [3.8, 4) is 5.75 Å². The van der Waals surface area contributed by atoms with Crippen LogP contribution in [0.4, 0.5) is 0 Å². The van der Waals surface area contributed by atoms with Gasteiger partial charge in [-0.05, 0) is 37.5 Å². The summed E-state index contributed by atoms with van der Waals surface area (Å²) in [6.45, 7) is 1.54. The van der Waals surface area contributed by atoms with Crippen LogP contribution in [0, 0.1) is 0 Å². The third-order valence-corrected chi connectivity index (χ3v) is 3.07. The number of hydrogen-bond acceptors (Lipinski definition) is 2. The SMILES string of the molecule is O=C(c1cc(Cl)ccc1O)N1CCCCC1. The predicted octanol–water partition coefficient (Wildman–Crippen LogP) is 2.67. The molecule has 4 heteroatoms. The molecule has 0 radical (unpaired) electrons. The number of carbonyl (C=O) groups excluding carboxylic acids is 1. The number of benzene rings is 1. The molecule has 1 heterocycles. The van der Waals surface area contributed by atoms with Gasteiger partial charge in [-0.2, -0.15) is 0 Å². The standard InChI is InChI=1S/C12H14ClNO2/c13-9-4-5-11(15)10(8-9)12(16)14-6-2-1-3-7-14/h4-5,8,15H,1-3,6-7H2. The van der Waals surface area contributed by atoms with Crippen molar-refractivity contribution in [2.75, 3.05) is 13.1 Å². The van der Waals surface area contributed by atoms with Crippen molar-refractivity contribution in [1.82, 2.24) is 4.90 Å². The minimum Gasteiger partial charge on any atom is -0.507 e. The lowest BCUT2D eigenvalue weighted by atomic mass is 10.1. The highest BCUT2D eigenvalue weighted by atomic mass is 35.5. The van der Waals surface area contributed by atoms with Crippen molar-refractivity contribution in [2.24, 2.45) is 0 Å². The fraction of sp³-hybridized carbons (Fsp3) is 0.417. The molecule has 16 heavy (non-hydrogen) atoms. The Morgan fingerprint density at radius 3 is 2.62 bits per heavy atom. The van der Waals surface area contributed by atoms with Gasteiger partial charge in [0.1, 0.15) is 5.75 Å². The van der Waals surface area contributed by atoms with Crippen LogP contribution >= 0.6 is 11.6 Å². The molecule has 1 N–H and O–H groups in total. The van der Waals surface area contributed by atoms with Crippen LogP contribution < -0.4 is 0 Å². The molecule has 0 atom stereocenters. The first-order valence-electron chi connectivity index (χ1n) is 5.46. The van der Waals surface area contributed by atoms with Crippen LogP contribution in [-0.2, 0) is 0 Å². The summed E-state index contributed by atoms with van der Waals surface area (Å²) in [6, 6.07) is 4.55. The predicted molar refractivity (Wildman–Crippen MR) is 62.9 cm³/mol. The van der Waals surface area contributed by atoms with E-state index in [9.17, 15) is 9.90 Å². The molecule has 0 aliphatic carbocycles. The van der Waals surface area contributed by atoms with Gasteiger partial charge in [-0.25, -0.2) is 0 Å². The quantitative estimate of drug-likeness (QED) is 0.819. The van der Waals surface area contributed by atoms with Crippen molar-refractivity contribution < 1.29 is 9.90 Å². The number of piperidine rings is 1. The van der Waals surface area contributed by atoms with Gasteiger partial charge in [0.2, 0.25) is 0 Å². The average Bonchev–Trinajstić information content (AvgIpc) is 2.32. The maximum atomic E-state index is 12.1. The molecule has 1 fully saturated rings. The molecule has 1 aromatic rings. The minimum absolute atomic E-state index is 0.0000246. The fourth-order valence-corrected chi connectivity index (χ4v) is 2.12. The van der Waals surface area contributed by atoms with Crippen LogP contribution in [0.3, 0.4) is 0 Å². The Balaban J connectivity index is 2.22. The minimum atomic E-state index is -0.125. The Morgan fingerprint density at radius 2 is 1.94 bits per heavy atom. The third kappa shape index (κ3) is 2.30. The van der Waals surface area contributed by atoms with E-state index in [2.05, 4.69) is 0 Å². The second-order valence-electron chi connectivity index (χ2n) is 4.01. The first kappa shape index (κ1) is 11.3. The number of nitrogens with zero attached hydrogens (tertiary/aromatic N) is 1. The zero-order chi connectivity index (χ0) is 11.5. The van der Waals surface area contributed by atoms with Crippen LogP contribution in [-0.4, -0.2) is 29.0 Å². The highest BCUT2D eigenvalue weighted by Gasteiger charge is 2.20. The van der Waals surface area contributed by atoms with Crippen molar-refractivity contribution in [2.45, 2.75) is 19.3 Å². The molecule has 1 saturated heterocycles. The zero-order valence-electron chi connectivity index (χ0n) is 8.95. The van der Waals surface area contributed by atoms with Gasteiger partial charge in [0.05, 0.1) is 5.56 Å². The molecule has 1 aromatic carbocycles. The first-order valence-corrected chi connectivity index (χ1v) is 5.84. The van der Waals surface area contributed by atoms with Gasteiger partial charge in [0, 0.05) is 18.1 Å². The van der Waals surface area contributed by atoms with Crippen LogP contribution in [0.2, 0.25) is 5.02 Å². The van der Waals surface area contributed by atoms with E-state index in [1.54, 1.807) is 11.0 Å². The Morgan fingerprint density at radius 1 is 1.25 bits per heavy atom. The van der Waals surface area contributed by atoms with Gasteiger partial charge in [-0.15, -0.1) is 0 Å². The average molecular weight is 240 g/mol. The smallest absolute Gasteiger partial charge is 0.257 e. The largest absolute Gasteiger partial charge is 0.507 e. The molecule has 0 spiro atoms. The summed E-state index contributed by atoms with van der Waals surface area (Å²) >= 11 is 5.82. The lowest BCUT2D eigenvalue weighted by Crippen LogP contribution is -2.35. The van der Waals surface area contributed by atoms with E-state index in [-0.39, 0.29) is 11.7 Å². The van der Waals surface area contributed by atoms with Gasteiger partial charge < -0.3 is 10.0 Å². The second kappa shape index (κ2) is 4.74. The summed E-state index contributed by atoms with van der Waals surface area (Å²) in [5.41, 5.74) is 0.300. The van der Waals surface area contributed by atoms with Crippen LogP contribution in [0.15, 0.2) is 18.2 Å². The van der Waals surface area contributed by atoms with Crippen LogP contribution in [0.1, 0.15) is 29.6 Å². The van der Waals surface area contributed by atoms with E-state index in [0.29, 0.717) is 10.6 Å². The van der Waals surface area contributed by atoms with E-state index in [1.807, 2.05) is 0 Å². The highest BCUT2D eigenvalue weighted by Crippen LogP contribution is 2.24. The summed E-state index contributed by atoms with van der Waals surface area (Å²) in [4.78, 5) is 13.9. The number of hydrogen-bond donors (Lipinski definition) is 1. The van der Waals surface area contributed by atoms with Gasteiger partial charge in [0.15, 0.2) is 0 Å². The molecule has 1 aliphatic heterocycles. The molecule has 1 aliphatic rings. The summed E-state index contributed by atoms with van der Waals surface area (Å²) in [6.07, 6.45) is 3.24. The Bertz CT molecular complexity index is 400. The topological polar surface area (TPSA) is 40.5 Å². The monoisotopic (exact) mass is 239 g/mol. The number of carbonyl (C=O) groups is 1. The Kier molecular flexibility index (Phi) is 3.34. The van der Waals surface area contributed by atoms with E-state index in [1.165, 1.54) is 18.6 Å². The van der Waals surface area contributed by atoms with E-state index >= 15 is 0 Å². The molecule has 0 aromatic heterocycles. The Labute approximate surface area is 99.6 Å². The molecule has 3 nitrogen and oxygen atoms in total. The molecule has 0 bridgehead atoms. The maximum Gasteiger partial charge on any atom is 0.257 e. The van der Waals surface area contributed by atoms with Crippen molar-refractivity contribution in [3.63, 3.8) is 0 Å². The van der Waals surface area contributed by atoms with E-state index in [4.69, 9.17) is 11.6 Å². The van der Waals surface area contributed by atoms with Gasteiger partial charge >= 0.3 is 0 Å². The number of phenols is 1. The molecule has 2 rings (SSSR count). The zero-order valence-corrected chi connectivity index (χ0v) is 9.70. The normalized spacial score (nSPS) is 16.2. The molecule has 86 valence electrons. The number of halogens is 1. The second-order valence-corrected chi connectivity index (χ2v) is 4.45. The number of amides is 1.